The van der Waals surface area contributed by atoms with E-state index in [1.807, 2.05) is 11.8 Å². The first kappa shape index (κ1) is 14.4. The Kier molecular flexibility index (Phi) is 5.30. The summed E-state index contributed by atoms with van der Waals surface area (Å²) in [6, 6.07) is 4.94. The molecule has 5 nitrogen and oxygen atoms in total. The average molecular weight is 302 g/mol. The number of rotatable bonds is 5. The molecule has 2 rings (SSSR count). The first-order valence-electron chi connectivity index (χ1n) is 6.15. The molecule has 1 N–H and O–H groups in total. The number of nitro groups is 1. The number of anilines is 1. The maximum atomic E-state index is 11.0. The van der Waals surface area contributed by atoms with Gasteiger partial charge in [-0.25, -0.2) is 0 Å². The lowest BCUT2D eigenvalue weighted by Crippen LogP contribution is -2.36. The fourth-order valence-corrected chi connectivity index (χ4v) is 3.24. The summed E-state index contributed by atoms with van der Waals surface area (Å²) in [5.74, 6) is 2.33. The monoisotopic (exact) mass is 301 g/mol. The van der Waals surface area contributed by atoms with Gasteiger partial charge in [-0.1, -0.05) is 17.7 Å². The van der Waals surface area contributed by atoms with Gasteiger partial charge in [-0.15, -0.1) is 0 Å². The van der Waals surface area contributed by atoms with Crippen molar-refractivity contribution < 1.29 is 4.92 Å². The van der Waals surface area contributed by atoms with E-state index >= 15 is 0 Å². The Hall–Kier alpha value is -0.980. The first-order chi connectivity index (χ1) is 9.18. The Balaban J connectivity index is 1.92. The third kappa shape index (κ3) is 3.99. The largest absolute Gasteiger partial charge is 0.378 e. The fourth-order valence-electron chi connectivity index (χ4n) is 2.02. The Labute approximate surface area is 121 Å². The summed E-state index contributed by atoms with van der Waals surface area (Å²) in [6.45, 7) is 3.75. The lowest BCUT2D eigenvalue weighted by atomic mass is 10.2. The Morgan fingerprint density at radius 2 is 2.16 bits per heavy atom. The van der Waals surface area contributed by atoms with Gasteiger partial charge in [0.05, 0.1) is 4.92 Å². The van der Waals surface area contributed by atoms with Crippen molar-refractivity contribution in [1.29, 1.82) is 0 Å². The van der Waals surface area contributed by atoms with Crippen LogP contribution in [0.25, 0.3) is 0 Å². The smallest absolute Gasteiger partial charge is 0.310 e. The summed E-state index contributed by atoms with van der Waals surface area (Å²) in [5.41, 5.74) is 0.447. The maximum absolute atomic E-state index is 11.0. The number of thioether (sulfide) groups is 1. The molecule has 0 radical (unpaired) electrons. The molecule has 1 aromatic carbocycles. The van der Waals surface area contributed by atoms with E-state index in [0.29, 0.717) is 12.2 Å². The van der Waals surface area contributed by atoms with Crippen LogP contribution in [-0.2, 0) is 0 Å². The van der Waals surface area contributed by atoms with E-state index in [1.54, 1.807) is 12.1 Å². The molecule has 1 aromatic rings. The molecule has 0 atom stereocenters. The molecular formula is C12H16ClN3O2S. The van der Waals surface area contributed by atoms with Crippen molar-refractivity contribution in [2.45, 2.75) is 0 Å². The summed E-state index contributed by atoms with van der Waals surface area (Å²) in [6.07, 6.45) is 0. The molecule has 1 fully saturated rings. The second kappa shape index (κ2) is 6.98. The van der Waals surface area contributed by atoms with E-state index in [4.69, 9.17) is 11.6 Å². The Morgan fingerprint density at radius 1 is 1.42 bits per heavy atom. The second-order valence-electron chi connectivity index (χ2n) is 4.27. The lowest BCUT2D eigenvalue weighted by molar-refractivity contribution is -0.383. The van der Waals surface area contributed by atoms with Crippen molar-refractivity contribution >= 4 is 34.7 Å². The SMILES string of the molecule is O=[N+]([O-])c1c(Cl)cccc1NCCN1CCSCC1. The Bertz CT molecular complexity index is 453. The van der Waals surface area contributed by atoms with Crippen LogP contribution in [0.3, 0.4) is 0 Å². The van der Waals surface area contributed by atoms with Crippen molar-refractivity contribution in [2.24, 2.45) is 0 Å². The van der Waals surface area contributed by atoms with Crippen LogP contribution >= 0.6 is 23.4 Å². The van der Waals surface area contributed by atoms with E-state index in [9.17, 15) is 10.1 Å². The minimum absolute atomic E-state index is 0.0432. The van der Waals surface area contributed by atoms with Gasteiger partial charge in [-0.05, 0) is 12.1 Å². The minimum atomic E-state index is -0.442. The standard InChI is InChI=1S/C12H16ClN3O2S/c13-10-2-1-3-11(12(10)16(17)18)14-4-5-15-6-8-19-9-7-15/h1-3,14H,4-9H2. The van der Waals surface area contributed by atoms with Crippen molar-refractivity contribution in [3.8, 4) is 0 Å². The predicted octanol–water partition coefficient (Wildman–Crippen LogP) is 2.71. The summed E-state index contributed by atoms with van der Waals surface area (Å²) < 4.78 is 0. The van der Waals surface area contributed by atoms with Crippen LogP contribution in [0, 0.1) is 10.1 Å². The van der Waals surface area contributed by atoms with Gasteiger partial charge >= 0.3 is 5.69 Å². The highest BCUT2D eigenvalue weighted by Gasteiger charge is 2.18. The van der Waals surface area contributed by atoms with Gasteiger partial charge in [0.15, 0.2) is 0 Å². The number of benzene rings is 1. The van der Waals surface area contributed by atoms with Gasteiger partial charge in [-0.2, -0.15) is 11.8 Å². The Morgan fingerprint density at radius 3 is 2.84 bits per heavy atom. The van der Waals surface area contributed by atoms with Crippen LogP contribution < -0.4 is 5.32 Å². The number of hydrogen-bond donors (Lipinski definition) is 1. The molecule has 104 valence electrons. The van der Waals surface area contributed by atoms with Gasteiger partial charge in [0.25, 0.3) is 0 Å². The van der Waals surface area contributed by atoms with Crippen LogP contribution in [0.1, 0.15) is 0 Å². The van der Waals surface area contributed by atoms with E-state index in [2.05, 4.69) is 10.2 Å². The van der Waals surface area contributed by atoms with E-state index in [1.165, 1.54) is 6.07 Å². The number of nitrogens with one attached hydrogen (secondary N) is 1. The fraction of sp³-hybridized carbons (Fsp3) is 0.500. The summed E-state index contributed by atoms with van der Waals surface area (Å²) >= 11 is 7.83. The molecule has 1 aliphatic rings. The average Bonchev–Trinajstić information content (AvgIpc) is 2.39. The molecule has 0 bridgehead atoms. The molecule has 1 heterocycles. The van der Waals surface area contributed by atoms with Crippen molar-refractivity contribution in [3.63, 3.8) is 0 Å². The lowest BCUT2D eigenvalue weighted by Gasteiger charge is -2.26. The van der Waals surface area contributed by atoms with Crippen LogP contribution in [0.15, 0.2) is 18.2 Å². The minimum Gasteiger partial charge on any atom is -0.378 e. The van der Waals surface area contributed by atoms with Crippen LogP contribution in [-0.4, -0.2) is 47.5 Å². The van der Waals surface area contributed by atoms with Crippen LogP contribution in [0.5, 0.6) is 0 Å². The summed E-state index contributed by atoms with van der Waals surface area (Å²) in [5, 5.41) is 14.3. The van der Waals surface area contributed by atoms with Crippen molar-refractivity contribution in [2.75, 3.05) is 43.0 Å². The van der Waals surface area contributed by atoms with E-state index in [-0.39, 0.29) is 10.7 Å². The summed E-state index contributed by atoms with van der Waals surface area (Å²) in [7, 11) is 0. The topological polar surface area (TPSA) is 58.4 Å². The number of halogens is 1. The third-order valence-electron chi connectivity index (χ3n) is 3.02. The first-order valence-corrected chi connectivity index (χ1v) is 7.68. The molecule has 0 aliphatic carbocycles. The number of nitrogens with zero attached hydrogens (tertiary/aromatic N) is 2. The van der Waals surface area contributed by atoms with Crippen molar-refractivity contribution in [3.05, 3.63) is 33.3 Å². The van der Waals surface area contributed by atoms with Gasteiger partial charge in [-0.3, -0.25) is 15.0 Å². The van der Waals surface area contributed by atoms with Gasteiger partial charge in [0.2, 0.25) is 0 Å². The van der Waals surface area contributed by atoms with Gasteiger partial charge in [0, 0.05) is 37.7 Å². The van der Waals surface area contributed by atoms with E-state index < -0.39 is 4.92 Å². The number of para-hydroxylation sites is 1. The normalized spacial score (nSPS) is 16.3. The molecule has 1 saturated heterocycles. The molecule has 0 amide bonds. The van der Waals surface area contributed by atoms with Gasteiger partial charge < -0.3 is 5.32 Å². The number of hydrogen-bond acceptors (Lipinski definition) is 5. The molecule has 0 saturated carbocycles. The second-order valence-corrected chi connectivity index (χ2v) is 5.91. The zero-order valence-electron chi connectivity index (χ0n) is 10.5. The van der Waals surface area contributed by atoms with E-state index in [0.717, 1.165) is 31.1 Å². The highest BCUT2D eigenvalue weighted by molar-refractivity contribution is 7.99. The zero-order chi connectivity index (χ0) is 13.7. The molecule has 0 spiro atoms. The molecule has 0 aromatic heterocycles. The molecule has 7 heteroatoms. The molecule has 1 aliphatic heterocycles. The highest BCUT2D eigenvalue weighted by Crippen LogP contribution is 2.31. The molecule has 19 heavy (non-hydrogen) atoms. The molecular weight excluding hydrogens is 286 g/mol. The van der Waals surface area contributed by atoms with Gasteiger partial charge in [0.1, 0.15) is 10.7 Å². The third-order valence-corrected chi connectivity index (χ3v) is 4.26. The predicted molar refractivity (Wildman–Crippen MR) is 80.4 cm³/mol. The van der Waals surface area contributed by atoms with Crippen LogP contribution in [0.4, 0.5) is 11.4 Å². The van der Waals surface area contributed by atoms with Crippen LogP contribution in [0.2, 0.25) is 5.02 Å². The van der Waals surface area contributed by atoms with Crippen molar-refractivity contribution in [1.82, 2.24) is 4.90 Å². The summed E-state index contributed by atoms with van der Waals surface area (Å²) in [4.78, 5) is 12.9. The highest BCUT2D eigenvalue weighted by atomic mass is 35.5. The quantitative estimate of drug-likeness (QED) is 0.669. The molecule has 0 unspecified atom stereocenters. The number of nitro benzene ring substituents is 1. The maximum Gasteiger partial charge on any atom is 0.310 e. The zero-order valence-corrected chi connectivity index (χ0v) is 12.0.